The molecule has 1 N–H and O–H groups in total. The highest BCUT2D eigenvalue weighted by atomic mass is 16.5. The monoisotopic (exact) mass is 319 g/mol. The summed E-state index contributed by atoms with van der Waals surface area (Å²) in [5.74, 6) is 1.28. The number of amides is 1. The largest absolute Gasteiger partial charge is 0.493 e. The predicted octanol–water partition coefficient (Wildman–Crippen LogP) is 4.19. The van der Waals surface area contributed by atoms with Crippen LogP contribution in [0.3, 0.4) is 0 Å². The molecule has 1 atom stereocenters. The van der Waals surface area contributed by atoms with Gasteiger partial charge in [-0.05, 0) is 36.6 Å². The number of nitrogens with one attached hydrogen (secondary N) is 1. The second kappa shape index (κ2) is 10.7. The molecule has 0 radical (unpaired) electrons. The average molecular weight is 319 g/mol. The third kappa shape index (κ3) is 6.76. The number of rotatable bonds is 10. The smallest absolute Gasteiger partial charge is 0.244 e. The van der Waals surface area contributed by atoms with Crippen molar-refractivity contribution in [1.29, 1.82) is 0 Å². The number of hydrogen-bond acceptors (Lipinski definition) is 3. The first-order chi connectivity index (χ1) is 11.1. The Bertz CT molecular complexity index is 511. The van der Waals surface area contributed by atoms with Gasteiger partial charge in [-0.1, -0.05) is 39.2 Å². The van der Waals surface area contributed by atoms with Gasteiger partial charge in [-0.3, -0.25) is 4.79 Å². The summed E-state index contributed by atoms with van der Waals surface area (Å²) in [6, 6.07) is 5.82. The molecule has 0 heterocycles. The maximum atomic E-state index is 12.0. The lowest BCUT2D eigenvalue weighted by Crippen LogP contribution is -2.33. The molecule has 128 valence electrons. The number of carbonyl (C=O) groups is 1. The van der Waals surface area contributed by atoms with Crippen LogP contribution in [0, 0.1) is 0 Å². The summed E-state index contributed by atoms with van der Waals surface area (Å²) in [5.41, 5.74) is 0.900. The van der Waals surface area contributed by atoms with Crippen molar-refractivity contribution in [3.05, 3.63) is 29.8 Å². The minimum atomic E-state index is -0.0527. The number of methoxy groups -OCH3 is 2. The number of carbonyl (C=O) groups excluding carboxylic acids is 1. The molecule has 1 aromatic rings. The van der Waals surface area contributed by atoms with Gasteiger partial charge in [0.1, 0.15) is 0 Å². The van der Waals surface area contributed by atoms with Gasteiger partial charge in [0.15, 0.2) is 11.5 Å². The van der Waals surface area contributed by atoms with E-state index in [0.717, 1.165) is 24.8 Å². The van der Waals surface area contributed by atoms with Crippen molar-refractivity contribution in [2.24, 2.45) is 0 Å². The molecule has 0 saturated carbocycles. The Kier molecular flexibility index (Phi) is 8.88. The van der Waals surface area contributed by atoms with E-state index in [0.29, 0.717) is 11.5 Å². The summed E-state index contributed by atoms with van der Waals surface area (Å²) >= 11 is 0. The van der Waals surface area contributed by atoms with Gasteiger partial charge in [0, 0.05) is 12.1 Å². The summed E-state index contributed by atoms with van der Waals surface area (Å²) in [6.07, 6.45) is 8.94. The maximum absolute atomic E-state index is 12.0. The van der Waals surface area contributed by atoms with Gasteiger partial charge in [0.25, 0.3) is 0 Å². The zero-order valence-electron chi connectivity index (χ0n) is 14.7. The van der Waals surface area contributed by atoms with Crippen LogP contribution in [-0.2, 0) is 4.79 Å². The van der Waals surface area contributed by atoms with E-state index >= 15 is 0 Å². The Balaban J connectivity index is 2.60. The van der Waals surface area contributed by atoms with Gasteiger partial charge in [0.2, 0.25) is 5.91 Å². The summed E-state index contributed by atoms with van der Waals surface area (Å²) in [7, 11) is 3.20. The highest BCUT2D eigenvalue weighted by molar-refractivity contribution is 5.92. The Morgan fingerprint density at radius 2 is 1.91 bits per heavy atom. The van der Waals surface area contributed by atoms with Gasteiger partial charge < -0.3 is 14.8 Å². The summed E-state index contributed by atoms with van der Waals surface area (Å²) in [5, 5.41) is 3.07. The normalized spacial score (nSPS) is 12.2. The molecule has 1 unspecified atom stereocenters. The Morgan fingerprint density at radius 3 is 2.52 bits per heavy atom. The van der Waals surface area contributed by atoms with Crippen molar-refractivity contribution in [2.45, 2.75) is 52.0 Å². The molecule has 23 heavy (non-hydrogen) atoms. The summed E-state index contributed by atoms with van der Waals surface area (Å²) in [6.45, 7) is 4.29. The van der Waals surface area contributed by atoms with Gasteiger partial charge in [-0.2, -0.15) is 0 Å². The van der Waals surface area contributed by atoms with Gasteiger partial charge in [0.05, 0.1) is 14.2 Å². The van der Waals surface area contributed by atoms with E-state index in [1.165, 1.54) is 12.8 Å². The van der Waals surface area contributed by atoms with Crippen LogP contribution in [0.5, 0.6) is 11.5 Å². The van der Waals surface area contributed by atoms with Crippen LogP contribution in [0.4, 0.5) is 0 Å². The molecule has 1 amide bonds. The van der Waals surface area contributed by atoms with E-state index in [1.807, 2.05) is 18.2 Å². The first-order valence-corrected chi connectivity index (χ1v) is 8.35. The third-order valence-corrected chi connectivity index (χ3v) is 3.83. The molecule has 0 bridgehead atoms. The zero-order valence-corrected chi connectivity index (χ0v) is 14.7. The fourth-order valence-electron chi connectivity index (χ4n) is 2.40. The third-order valence-electron chi connectivity index (χ3n) is 3.83. The molecular formula is C19H29NO3. The number of benzene rings is 1. The van der Waals surface area contributed by atoms with Crippen LogP contribution in [-0.4, -0.2) is 26.2 Å². The molecule has 0 saturated heterocycles. The standard InChI is InChI=1S/C19H29NO3/c1-5-7-8-9-16(6-2)20-19(21)13-11-15-10-12-17(22-3)18(14-15)23-4/h10-14,16H,5-9H2,1-4H3,(H,20,21)/b13-11+. The Morgan fingerprint density at radius 1 is 1.17 bits per heavy atom. The molecule has 0 aromatic heterocycles. The first kappa shape index (κ1) is 19.1. The molecule has 4 nitrogen and oxygen atoms in total. The second-order valence-corrected chi connectivity index (χ2v) is 5.56. The molecule has 4 heteroatoms. The fourth-order valence-corrected chi connectivity index (χ4v) is 2.40. The van der Waals surface area contributed by atoms with Crippen molar-refractivity contribution in [3.8, 4) is 11.5 Å². The fraction of sp³-hybridized carbons (Fsp3) is 0.526. The van der Waals surface area contributed by atoms with E-state index in [-0.39, 0.29) is 11.9 Å². The van der Waals surface area contributed by atoms with Crippen molar-refractivity contribution < 1.29 is 14.3 Å². The summed E-state index contributed by atoms with van der Waals surface area (Å²) in [4.78, 5) is 12.0. The molecule has 0 aliphatic carbocycles. The van der Waals surface area contributed by atoms with Crippen LogP contribution in [0.25, 0.3) is 6.08 Å². The molecule has 0 aliphatic rings. The van der Waals surface area contributed by atoms with Crippen LogP contribution in [0.1, 0.15) is 51.5 Å². The van der Waals surface area contributed by atoms with Crippen molar-refractivity contribution in [2.75, 3.05) is 14.2 Å². The first-order valence-electron chi connectivity index (χ1n) is 8.35. The van der Waals surface area contributed by atoms with Gasteiger partial charge >= 0.3 is 0 Å². The lowest BCUT2D eigenvalue weighted by atomic mass is 10.1. The molecule has 0 fully saturated rings. The predicted molar refractivity (Wildman–Crippen MR) is 94.9 cm³/mol. The molecular weight excluding hydrogens is 290 g/mol. The van der Waals surface area contributed by atoms with Crippen LogP contribution in [0.2, 0.25) is 0 Å². The molecule has 0 spiro atoms. The Hall–Kier alpha value is -1.97. The van der Waals surface area contributed by atoms with E-state index in [4.69, 9.17) is 9.47 Å². The zero-order chi connectivity index (χ0) is 17.1. The van der Waals surface area contributed by atoms with E-state index in [2.05, 4.69) is 19.2 Å². The molecule has 1 aromatic carbocycles. The van der Waals surface area contributed by atoms with Gasteiger partial charge in [-0.25, -0.2) is 0 Å². The van der Waals surface area contributed by atoms with Crippen molar-refractivity contribution >= 4 is 12.0 Å². The SMILES string of the molecule is CCCCCC(CC)NC(=O)/C=C/c1ccc(OC)c(OC)c1. The topological polar surface area (TPSA) is 47.6 Å². The number of hydrogen-bond donors (Lipinski definition) is 1. The summed E-state index contributed by atoms with van der Waals surface area (Å²) < 4.78 is 10.5. The Labute approximate surface area is 139 Å². The average Bonchev–Trinajstić information content (AvgIpc) is 2.58. The minimum absolute atomic E-state index is 0.0527. The minimum Gasteiger partial charge on any atom is -0.493 e. The highest BCUT2D eigenvalue weighted by Gasteiger charge is 2.08. The van der Waals surface area contributed by atoms with E-state index in [1.54, 1.807) is 26.4 Å². The second-order valence-electron chi connectivity index (χ2n) is 5.56. The lowest BCUT2D eigenvalue weighted by Gasteiger charge is -2.15. The van der Waals surface area contributed by atoms with Crippen LogP contribution < -0.4 is 14.8 Å². The highest BCUT2D eigenvalue weighted by Crippen LogP contribution is 2.27. The molecule has 0 aliphatic heterocycles. The van der Waals surface area contributed by atoms with Crippen LogP contribution >= 0.6 is 0 Å². The van der Waals surface area contributed by atoms with E-state index < -0.39 is 0 Å². The van der Waals surface area contributed by atoms with Crippen molar-refractivity contribution in [1.82, 2.24) is 5.32 Å². The van der Waals surface area contributed by atoms with Crippen LogP contribution in [0.15, 0.2) is 24.3 Å². The van der Waals surface area contributed by atoms with Crippen molar-refractivity contribution in [3.63, 3.8) is 0 Å². The number of ether oxygens (including phenoxy) is 2. The molecule has 1 rings (SSSR count). The maximum Gasteiger partial charge on any atom is 0.244 e. The quantitative estimate of drug-likeness (QED) is 0.519. The van der Waals surface area contributed by atoms with E-state index in [9.17, 15) is 4.79 Å². The lowest BCUT2D eigenvalue weighted by molar-refractivity contribution is -0.117. The number of unbranched alkanes of at least 4 members (excludes halogenated alkanes) is 2. The van der Waals surface area contributed by atoms with Gasteiger partial charge in [-0.15, -0.1) is 0 Å².